The van der Waals surface area contributed by atoms with Crippen LogP contribution in [-0.4, -0.2) is 80.0 Å². The lowest BCUT2D eigenvalue weighted by molar-refractivity contribution is -0.141. The van der Waals surface area contributed by atoms with Crippen molar-refractivity contribution in [1.29, 1.82) is 0 Å². The number of carbonyl (C=O) groups is 4. The number of amides is 3. The summed E-state index contributed by atoms with van der Waals surface area (Å²) in [4.78, 5) is 53.6. The number of hydrogen-bond acceptors (Lipinski definition) is 8. The molecule has 3 rings (SSSR count). The molecule has 0 aliphatic carbocycles. The minimum Gasteiger partial charge on any atom is -0.508 e. The molecule has 9 N–H and O–H groups in total. The molecule has 3 amide bonds. The number of hydrogen-bond donors (Lipinski definition) is 9. The molecule has 12 nitrogen and oxygen atoms in total. The summed E-state index contributed by atoms with van der Waals surface area (Å²) in [5.74, 6) is -3.88. The highest BCUT2D eigenvalue weighted by atomic mass is 32.1. The van der Waals surface area contributed by atoms with Gasteiger partial charge in [0.2, 0.25) is 17.7 Å². The second-order valence-electron chi connectivity index (χ2n) is 9.41. The van der Waals surface area contributed by atoms with Crippen molar-refractivity contribution in [2.45, 2.75) is 50.0 Å². The van der Waals surface area contributed by atoms with Crippen LogP contribution in [0.4, 0.5) is 0 Å². The third-order valence-electron chi connectivity index (χ3n) is 6.32. The van der Waals surface area contributed by atoms with Gasteiger partial charge in [-0.3, -0.25) is 14.4 Å². The maximum Gasteiger partial charge on any atom is 0.327 e. The monoisotopic (exact) mass is 571 g/mol. The number of carbonyl (C=O) groups excluding carboxylic acids is 3. The van der Waals surface area contributed by atoms with Crippen LogP contribution in [0.25, 0.3) is 10.9 Å². The molecule has 5 atom stereocenters. The Hall–Kier alpha value is -4.07. The van der Waals surface area contributed by atoms with Crippen LogP contribution in [0.5, 0.6) is 5.75 Å². The fraction of sp³-hybridized carbons (Fsp3) is 0.333. The Morgan fingerprint density at radius 2 is 1.57 bits per heavy atom. The average molecular weight is 572 g/mol. The first-order chi connectivity index (χ1) is 19.0. The number of H-pyrrole nitrogens is 1. The molecule has 0 saturated carbocycles. The van der Waals surface area contributed by atoms with Crippen molar-refractivity contribution in [2.24, 2.45) is 5.73 Å². The zero-order valence-corrected chi connectivity index (χ0v) is 22.6. The Bertz CT molecular complexity index is 1340. The molecule has 3 aromatic rings. The average Bonchev–Trinajstić information content (AvgIpc) is 3.32. The molecule has 0 spiro atoms. The van der Waals surface area contributed by atoms with E-state index in [1.54, 1.807) is 6.20 Å². The summed E-state index contributed by atoms with van der Waals surface area (Å²) < 4.78 is 0. The molecule has 1 aromatic heterocycles. The van der Waals surface area contributed by atoms with Crippen LogP contribution < -0.4 is 21.7 Å². The lowest BCUT2D eigenvalue weighted by Crippen LogP contribution is -2.60. The van der Waals surface area contributed by atoms with Gasteiger partial charge in [0.1, 0.15) is 23.9 Å². The summed E-state index contributed by atoms with van der Waals surface area (Å²) in [6.07, 6.45) is 0.483. The van der Waals surface area contributed by atoms with E-state index in [0.717, 1.165) is 16.5 Å². The van der Waals surface area contributed by atoms with E-state index in [1.807, 2.05) is 24.3 Å². The fourth-order valence-electron chi connectivity index (χ4n) is 4.09. The Morgan fingerprint density at radius 3 is 2.20 bits per heavy atom. The number of para-hydroxylation sites is 1. The predicted molar refractivity (Wildman–Crippen MR) is 151 cm³/mol. The summed E-state index contributed by atoms with van der Waals surface area (Å²) in [5.41, 5.74) is 8.36. The van der Waals surface area contributed by atoms with E-state index in [1.165, 1.54) is 31.2 Å². The van der Waals surface area contributed by atoms with E-state index in [2.05, 4.69) is 33.6 Å². The molecule has 0 saturated heterocycles. The van der Waals surface area contributed by atoms with Gasteiger partial charge in [0.15, 0.2) is 0 Å². The van der Waals surface area contributed by atoms with Gasteiger partial charge in [-0.05, 0) is 42.7 Å². The lowest BCUT2D eigenvalue weighted by atomic mass is 10.0. The molecular formula is C27H33N5O7S. The van der Waals surface area contributed by atoms with Crippen molar-refractivity contribution in [2.75, 3.05) is 5.75 Å². The lowest BCUT2D eigenvalue weighted by Gasteiger charge is -2.26. The molecule has 13 heteroatoms. The zero-order chi connectivity index (χ0) is 29.4. The second kappa shape index (κ2) is 13.8. The SMILES string of the molecule is CC(O)C(NC(=O)C(N)Cc1c[nH]c2ccccc12)C(=O)NC(Cc1ccc(O)cc1)C(=O)NC(CS)C(=O)O. The molecular weight excluding hydrogens is 538 g/mol. The summed E-state index contributed by atoms with van der Waals surface area (Å²) in [6.45, 7) is 1.30. The smallest absolute Gasteiger partial charge is 0.327 e. The number of fused-ring (bicyclic) bond motifs is 1. The van der Waals surface area contributed by atoms with Gasteiger partial charge in [-0.25, -0.2) is 4.79 Å². The van der Waals surface area contributed by atoms with E-state index in [4.69, 9.17) is 5.73 Å². The first kappa shape index (κ1) is 30.5. The summed E-state index contributed by atoms with van der Waals surface area (Å²) in [6, 6.07) is 8.27. The van der Waals surface area contributed by atoms with Crippen molar-refractivity contribution >= 4 is 47.2 Å². The molecule has 0 aliphatic rings. The number of aromatic amines is 1. The molecule has 5 unspecified atom stereocenters. The molecule has 40 heavy (non-hydrogen) atoms. The van der Waals surface area contributed by atoms with E-state index >= 15 is 0 Å². The van der Waals surface area contributed by atoms with Gasteiger partial charge in [0, 0.05) is 29.3 Å². The van der Waals surface area contributed by atoms with E-state index in [0.29, 0.717) is 5.56 Å². The van der Waals surface area contributed by atoms with Crippen LogP contribution in [-0.2, 0) is 32.0 Å². The number of aromatic hydroxyl groups is 1. The maximum absolute atomic E-state index is 13.2. The van der Waals surface area contributed by atoms with Crippen molar-refractivity contribution in [1.82, 2.24) is 20.9 Å². The summed E-state index contributed by atoms with van der Waals surface area (Å²) >= 11 is 3.94. The van der Waals surface area contributed by atoms with Crippen LogP contribution in [0.15, 0.2) is 54.7 Å². The minimum atomic E-state index is -1.46. The normalized spacial score (nSPS) is 14.9. The molecule has 0 bridgehead atoms. The topological polar surface area (TPSA) is 207 Å². The fourth-order valence-corrected chi connectivity index (χ4v) is 4.34. The minimum absolute atomic E-state index is 0.00402. The highest BCUT2D eigenvalue weighted by Gasteiger charge is 2.32. The summed E-state index contributed by atoms with van der Waals surface area (Å²) in [7, 11) is 0. The van der Waals surface area contributed by atoms with E-state index < -0.39 is 54.0 Å². The number of phenols is 1. The standard InChI is InChI=1S/C27H33N5O7S/c1-14(33)23(32-24(35)19(28)11-16-12-29-20-5-3-2-4-18(16)20)26(37)30-21(10-15-6-8-17(34)9-7-15)25(36)31-22(13-40)27(38)39/h2-9,12,14,19,21-23,29,33-34,40H,10-11,13,28H2,1H3,(H,30,37)(H,31,36)(H,32,35)(H,38,39). The van der Waals surface area contributed by atoms with Gasteiger partial charge in [0.25, 0.3) is 0 Å². The van der Waals surface area contributed by atoms with Crippen molar-refractivity contribution in [3.8, 4) is 5.75 Å². The molecule has 0 fully saturated rings. The molecule has 2 aromatic carbocycles. The number of aromatic nitrogens is 1. The number of nitrogens with two attached hydrogens (primary N) is 1. The number of rotatable bonds is 13. The second-order valence-corrected chi connectivity index (χ2v) is 9.78. The van der Waals surface area contributed by atoms with Crippen molar-refractivity contribution in [3.05, 3.63) is 65.9 Å². The Kier molecular flexibility index (Phi) is 10.5. The Morgan fingerprint density at radius 1 is 0.925 bits per heavy atom. The largest absolute Gasteiger partial charge is 0.508 e. The van der Waals surface area contributed by atoms with Gasteiger partial charge in [-0.15, -0.1) is 0 Å². The Balaban J connectivity index is 1.73. The highest BCUT2D eigenvalue weighted by molar-refractivity contribution is 7.80. The van der Waals surface area contributed by atoms with Crippen molar-refractivity contribution < 1.29 is 34.5 Å². The number of nitrogens with one attached hydrogen (secondary N) is 4. The number of benzene rings is 2. The van der Waals surface area contributed by atoms with Gasteiger partial charge < -0.3 is 42.0 Å². The first-order valence-corrected chi connectivity index (χ1v) is 13.1. The molecule has 214 valence electrons. The van der Waals surface area contributed by atoms with Gasteiger partial charge >= 0.3 is 5.97 Å². The number of phenolic OH excluding ortho intramolecular Hbond substituents is 1. The predicted octanol–water partition coefficient (Wildman–Crippen LogP) is -0.164. The Labute approximate surface area is 235 Å². The maximum atomic E-state index is 13.2. The van der Waals surface area contributed by atoms with E-state index in [-0.39, 0.29) is 24.3 Å². The van der Waals surface area contributed by atoms with Crippen molar-refractivity contribution in [3.63, 3.8) is 0 Å². The van der Waals surface area contributed by atoms with Gasteiger partial charge in [-0.2, -0.15) is 12.6 Å². The number of thiol groups is 1. The number of carboxylic acids is 1. The van der Waals surface area contributed by atoms with Crippen LogP contribution in [0.3, 0.4) is 0 Å². The number of aliphatic hydroxyl groups is 1. The van der Waals surface area contributed by atoms with Gasteiger partial charge in [-0.1, -0.05) is 30.3 Å². The first-order valence-electron chi connectivity index (χ1n) is 12.5. The quantitative estimate of drug-likeness (QED) is 0.126. The van der Waals surface area contributed by atoms with E-state index in [9.17, 15) is 34.5 Å². The summed E-state index contributed by atoms with van der Waals surface area (Å²) in [5, 5.41) is 37.3. The van der Waals surface area contributed by atoms with Crippen LogP contribution in [0.1, 0.15) is 18.1 Å². The van der Waals surface area contributed by atoms with Crippen LogP contribution in [0.2, 0.25) is 0 Å². The van der Waals surface area contributed by atoms with Gasteiger partial charge in [0.05, 0.1) is 12.1 Å². The van der Waals surface area contributed by atoms with Crippen LogP contribution in [0, 0.1) is 0 Å². The molecule has 1 heterocycles. The molecule has 0 aliphatic heterocycles. The zero-order valence-electron chi connectivity index (χ0n) is 21.7. The number of carboxylic acid groups (broad SMARTS) is 1. The highest BCUT2D eigenvalue weighted by Crippen LogP contribution is 2.19. The van der Waals surface area contributed by atoms with Crippen LogP contribution >= 0.6 is 12.6 Å². The third-order valence-corrected chi connectivity index (χ3v) is 6.69. The third kappa shape index (κ3) is 7.97. The molecule has 0 radical (unpaired) electrons. The number of aliphatic hydroxyl groups excluding tert-OH is 1. The number of aliphatic carboxylic acids is 1.